The summed E-state index contributed by atoms with van der Waals surface area (Å²) in [5.41, 5.74) is -0.468. The summed E-state index contributed by atoms with van der Waals surface area (Å²) in [4.78, 5) is 23.0. The summed E-state index contributed by atoms with van der Waals surface area (Å²) in [7, 11) is 1.32. The Labute approximate surface area is 116 Å². The zero-order chi connectivity index (χ0) is 14.2. The normalized spacial score (nSPS) is 18.8. The maximum atomic E-state index is 13.5. The number of halogens is 2. The molecule has 0 N–H and O–H groups in total. The molecule has 0 aliphatic carbocycles. The van der Waals surface area contributed by atoms with Crippen LogP contribution in [0.2, 0.25) is 0 Å². The maximum Gasteiger partial charge on any atom is 0.307 e. The van der Waals surface area contributed by atoms with Crippen LogP contribution in [0.25, 0.3) is 0 Å². The molecule has 1 aromatic rings. The van der Waals surface area contributed by atoms with Gasteiger partial charge in [0, 0.05) is 29.9 Å². The van der Waals surface area contributed by atoms with Gasteiger partial charge in [0.15, 0.2) is 0 Å². The van der Waals surface area contributed by atoms with Crippen molar-refractivity contribution in [3.63, 3.8) is 0 Å². The van der Waals surface area contributed by atoms with Crippen LogP contribution in [0.1, 0.15) is 6.42 Å². The van der Waals surface area contributed by atoms with Crippen LogP contribution in [0.4, 0.5) is 15.8 Å². The quantitative estimate of drug-likeness (QED) is 0.483. The summed E-state index contributed by atoms with van der Waals surface area (Å²) in [6.45, 7) is 0.359. The molecule has 1 unspecified atom stereocenters. The van der Waals surface area contributed by atoms with Gasteiger partial charge in [-0.05, 0) is 0 Å². The number of methoxy groups -OCH3 is 1. The number of hydrogen-bond donors (Lipinski definition) is 0. The summed E-state index contributed by atoms with van der Waals surface area (Å²) in [6, 6.07) is 1.94. The van der Waals surface area contributed by atoms with Crippen molar-refractivity contribution in [1.29, 1.82) is 0 Å². The Morgan fingerprint density at radius 2 is 2.26 bits per heavy atom. The summed E-state index contributed by atoms with van der Waals surface area (Å²) >= 11 is 3.31. The summed E-state index contributed by atoms with van der Waals surface area (Å²) in [5.74, 6) is -1.09. The van der Waals surface area contributed by atoms with E-state index in [0.29, 0.717) is 6.54 Å². The standard InChI is InChI=1S/C11H10BrFN2O4/c1-19-10-3-7(13)8(15(17)18)4-9(10)14-5-6(12)2-11(14)16/h3-4,6H,2,5H2,1H3. The van der Waals surface area contributed by atoms with Gasteiger partial charge in [-0.1, -0.05) is 15.9 Å². The molecule has 2 rings (SSSR count). The van der Waals surface area contributed by atoms with Gasteiger partial charge in [-0.25, -0.2) is 0 Å². The number of alkyl halides is 1. The lowest BCUT2D eigenvalue weighted by atomic mass is 10.2. The Bertz CT molecular complexity index is 552. The molecule has 1 heterocycles. The van der Waals surface area contributed by atoms with Gasteiger partial charge in [-0.15, -0.1) is 0 Å². The minimum absolute atomic E-state index is 0.0335. The zero-order valence-corrected chi connectivity index (χ0v) is 11.5. The summed E-state index contributed by atoms with van der Waals surface area (Å²) in [6.07, 6.45) is 0.286. The molecule has 6 nitrogen and oxygen atoms in total. The monoisotopic (exact) mass is 332 g/mol. The first-order valence-electron chi connectivity index (χ1n) is 5.40. The summed E-state index contributed by atoms with van der Waals surface area (Å²) in [5, 5.41) is 10.7. The number of nitro groups is 1. The average molecular weight is 333 g/mol. The number of carbonyl (C=O) groups is 1. The van der Waals surface area contributed by atoms with Crippen LogP contribution in [0, 0.1) is 15.9 Å². The highest BCUT2D eigenvalue weighted by atomic mass is 79.9. The van der Waals surface area contributed by atoms with Gasteiger partial charge in [0.25, 0.3) is 0 Å². The number of rotatable bonds is 3. The first kappa shape index (κ1) is 13.7. The van der Waals surface area contributed by atoms with E-state index in [4.69, 9.17) is 4.74 Å². The van der Waals surface area contributed by atoms with Crippen molar-refractivity contribution < 1.29 is 18.8 Å². The highest BCUT2D eigenvalue weighted by molar-refractivity contribution is 9.09. The number of benzene rings is 1. The number of amides is 1. The van der Waals surface area contributed by atoms with E-state index in [2.05, 4.69) is 15.9 Å². The second-order valence-electron chi connectivity index (χ2n) is 4.04. The van der Waals surface area contributed by atoms with E-state index in [1.165, 1.54) is 12.0 Å². The highest BCUT2D eigenvalue weighted by Gasteiger charge is 2.32. The Balaban J connectivity index is 2.52. The molecule has 0 radical (unpaired) electrons. The van der Waals surface area contributed by atoms with Crippen molar-refractivity contribution in [3.8, 4) is 5.75 Å². The first-order valence-corrected chi connectivity index (χ1v) is 6.32. The molecule has 19 heavy (non-hydrogen) atoms. The van der Waals surface area contributed by atoms with Crippen LogP contribution in [0.15, 0.2) is 12.1 Å². The minimum Gasteiger partial charge on any atom is -0.494 e. The Morgan fingerprint density at radius 3 is 2.74 bits per heavy atom. The third-order valence-electron chi connectivity index (χ3n) is 2.81. The molecular formula is C11H10BrFN2O4. The lowest BCUT2D eigenvalue weighted by molar-refractivity contribution is -0.387. The predicted molar refractivity (Wildman–Crippen MR) is 69.3 cm³/mol. The summed E-state index contributed by atoms with van der Waals surface area (Å²) < 4.78 is 18.5. The molecule has 102 valence electrons. The van der Waals surface area contributed by atoms with Gasteiger partial charge in [0.1, 0.15) is 5.75 Å². The molecule has 0 bridgehead atoms. The van der Waals surface area contributed by atoms with Crippen molar-refractivity contribution in [2.75, 3.05) is 18.6 Å². The molecule has 0 spiro atoms. The second-order valence-corrected chi connectivity index (χ2v) is 5.33. The third kappa shape index (κ3) is 2.53. The predicted octanol–water partition coefficient (Wildman–Crippen LogP) is 2.24. The van der Waals surface area contributed by atoms with Gasteiger partial charge in [0.2, 0.25) is 11.7 Å². The molecule has 8 heteroatoms. The maximum absolute atomic E-state index is 13.5. The molecule has 1 aromatic carbocycles. The minimum atomic E-state index is -0.993. The number of carbonyl (C=O) groups excluding carboxylic acids is 1. The molecule has 0 saturated carbocycles. The highest BCUT2D eigenvalue weighted by Crippen LogP contribution is 2.37. The fourth-order valence-corrected chi connectivity index (χ4v) is 2.51. The van der Waals surface area contributed by atoms with E-state index >= 15 is 0 Å². The number of anilines is 1. The average Bonchev–Trinajstić information content (AvgIpc) is 2.67. The van der Waals surface area contributed by atoms with Gasteiger partial charge in [-0.3, -0.25) is 14.9 Å². The zero-order valence-electron chi connectivity index (χ0n) is 9.93. The fourth-order valence-electron chi connectivity index (χ4n) is 1.94. The third-order valence-corrected chi connectivity index (χ3v) is 3.43. The largest absolute Gasteiger partial charge is 0.494 e. The molecule has 1 saturated heterocycles. The number of ether oxygens (including phenoxy) is 1. The lowest BCUT2D eigenvalue weighted by Gasteiger charge is -2.18. The lowest BCUT2D eigenvalue weighted by Crippen LogP contribution is -2.25. The van der Waals surface area contributed by atoms with Crippen LogP contribution in [0.5, 0.6) is 5.75 Å². The number of nitro benzene ring substituents is 1. The SMILES string of the molecule is COc1cc(F)c([N+](=O)[O-])cc1N1CC(Br)CC1=O. The van der Waals surface area contributed by atoms with Crippen molar-refractivity contribution in [2.24, 2.45) is 0 Å². The van der Waals surface area contributed by atoms with Crippen LogP contribution < -0.4 is 9.64 Å². The fraction of sp³-hybridized carbons (Fsp3) is 0.364. The Hall–Kier alpha value is -1.70. The molecular weight excluding hydrogens is 323 g/mol. The van der Waals surface area contributed by atoms with Crippen LogP contribution in [-0.2, 0) is 4.79 Å². The van der Waals surface area contributed by atoms with E-state index in [0.717, 1.165) is 12.1 Å². The van der Waals surface area contributed by atoms with Crippen LogP contribution in [-0.4, -0.2) is 29.3 Å². The van der Waals surface area contributed by atoms with Gasteiger partial charge in [-0.2, -0.15) is 4.39 Å². The van der Waals surface area contributed by atoms with Gasteiger partial charge >= 0.3 is 5.69 Å². The number of nitrogens with zero attached hydrogens (tertiary/aromatic N) is 2. The van der Waals surface area contributed by atoms with Crippen molar-refractivity contribution in [1.82, 2.24) is 0 Å². The smallest absolute Gasteiger partial charge is 0.307 e. The topological polar surface area (TPSA) is 72.7 Å². The van der Waals surface area contributed by atoms with Gasteiger partial charge in [0.05, 0.1) is 17.7 Å². The number of hydrogen-bond acceptors (Lipinski definition) is 4. The Morgan fingerprint density at radius 1 is 1.58 bits per heavy atom. The molecule has 1 fully saturated rings. The van der Waals surface area contributed by atoms with E-state index in [1.54, 1.807) is 0 Å². The van der Waals surface area contributed by atoms with E-state index < -0.39 is 16.4 Å². The van der Waals surface area contributed by atoms with Crippen LogP contribution in [0.3, 0.4) is 0 Å². The molecule has 1 aliphatic rings. The van der Waals surface area contributed by atoms with Gasteiger partial charge < -0.3 is 9.64 Å². The molecule has 1 amide bonds. The van der Waals surface area contributed by atoms with E-state index in [-0.39, 0.29) is 28.6 Å². The Kier molecular flexibility index (Phi) is 3.70. The van der Waals surface area contributed by atoms with Crippen LogP contribution >= 0.6 is 15.9 Å². The van der Waals surface area contributed by atoms with Crippen molar-refractivity contribution >= 4 is 33.2 Å². The van der Waals surface area contributed by atoms with E-state index in [9.17, 15) is 19.3 Å². The van der Waals surface area contributed by atoms with E-state index in [1.807, 2.05) is 0 Å². The molecule has 1 atom stereocenters. The second kappa shape index (κ2) is 5.12. The first-order chi connectivity index (χ1) is 8.93. The molecule has 0 aromatic heterocycles. The molecule has 1 aliphatic heterocycles. The van der Waals surface area contributed by atoms with Crippen molar-refractivity contribution in [3.05, 3.63) is 28.1 Å². The van der Waals surface area contributed by atoms with Crippen molar-refractivity contribution in [2.45, 2.75) is 11.2 Å².